The van der Waals surface area contributed by atoms with E-state index < -0.39 is 5.41 Å². The standard InChI is InChI=1S/C63H41N3/c1-2-15-42(16-3-1)43-29-35-47(36-30-43)66(49-39-33-45(34-40-49)62-64-41-46-17-4-13-28-60(46)65-62)48-37-31-44(32-38-48)50-18-5-6-19-51(50)54-23-14-27-59-61(54)55-22-9-12-26-58(55)63(59)56-24-10-7-20-52(56)53-21-8-11-25-57(53)63/h1-41H. The minimum absolute atomic E-state index is 0.394. The van der Waals surface area contributed by atoms with Crippen LogP contribution in [0.15, 0.2) is 249 Å². The Balaban J connectivity index is 0.911. The SMILES string of the molecule is c1ccc(-c2ccc(N(c3ccc(-c4ncc5ccccc5n4)cc3)c3ccc(-c4ccccc4-c4cccc5c4-c4ccccc4C54c5ccccc5-c5ccccc54)cc3)cc2)cc1. The monoisotopic (exact) mass is 839 g/mol. The van der Waals surface area contributed by atoms with Crippen LogP contribution >= 0.6 is 0 Å². The van der Waals surface area contributed by atoms with Gasteiger partial charge in [0.05, 0.1) is 10.9 Å². The van der Waals surface area contributed by atoms with Gasteiger partial charge in [0.1, 0.15) is 0 Å². The molecule has 0 fully saturated rings. The number of fused-ring (bicyclic) bond motifs is 11. The van der Waals surface area contributed by atoms with E-state index in [4.69, 9.17) is 9.97 Å². The van der Waals surface area contributed by atoms with Gasteiger partial charge in [0.25, 0.3) is 0 Å². The molecule has 1 heterocycles. The van der Waals surface area contributed by atoms with Crippen LogP contribution in [0.1, 0.15) is 22.3 Å². The molecule has 3 heteroatoms. The van der Waals surface area contributed by atoms with E-state index in [9.17, 15) is 0 Å². The fourth-order valence-electron chi connectivity index (χ4n) is 10.9. The van der Waals surface area contributed by atoms with Gasteiger partial charge in [-0.25, -0.2) is 9.97 Å². The van der Waals surface area contributed by atoms with Crippen molar-refractivity contribution in [2.45, 2.75) is 5.41 Å². The largest absolute Gasteiger partial charge is 0.311 e. The molecule has 308 valence electrons. The highest BCUT2D eigenvalue weighted by Crippen LogP contribution is 2.64. The number of anilines is 3. The Kier molecular flexibility index (Phi) is 8.75. The molecule has 11 aromatic rings. The lowest BCUT2D eigenvalue weighted by molar-refractivity contribution is 0.794. The van der Waals surface area contributed by atoms with Crippen LogP contribution in [-0.2, 0) is 5.41 Å². The van der Waals surface area contributed by atoms with Crippen LogP contribution in [0, 0.1) is 0 Å². The van der Waals surface area contributed by atoms with Crippen LogP contribution in [-0.4, -0.2) is 9.97 Å². The van der Waals surface area contributed by atoms with Crippen molar-refractivity contribution in [1.29, 1.82) is 0 Å². The summed E-state index contributed by atoms with van der Waals surface area (Å²) in [5.74, 6) is 0.711. The average Bonchev–Trinajstić information content (AvgIpc) is 3.87. The van der Waals surface area contributed by atoms with Crippen molar-refractivity contribution in [2.24, 2.45) is 0 Å². The van der Waals surface area contributed by atoms with Crippen molar-refractivity contribution in [2.75, 3.05) is 4.90 Å². The molecule has 2 aliphatic carbocycles. The van der Waals surface area contributed by atoms with E-state index in [1.54, 1.807) is 0 Å². The molecule has 0 N–H and O–H groups in total. The zero-order valence-corrected chi connectivity index (χ0v) is 36.0. The third kappa shape index (κ3) is 5.84. The van der Waals surface area contributed by atoms with Crippen LogP contribution < -0.4 is 4.90 Å². The third-order valence-electron chi connectivity index (χ3n) is 13.8. The fraction of sp³-hybridized carbons (Fsp3) is 0.0159. The van der Waals surface area contributed by atoms with Crippen molar-refractivity contribution in [1.82, 2.24) is 9.97 Å². The Hall–Kier alpha value is -8.66. The maximum atomic E-state index is 4.88. The molecule has 0 unspecified atom stereocenters. The molecule has 2 aliphatic rings. The number of para-hydroxylation sites is 1. The summed E-state index contributed by atoms with van der Waals surface area (Å²) in [6.07, 6.45) is 1.90. The summed E-state index contributed by atoms with van der Waals surface area (Å²) in [5.41, 5.74) is 22.5. The summed E-state index contributed by atoms with van der Waals surface area (Å²) in [4.78, 5) is 11.9. The highest BCUT2D eigenvalue weighted by molar-refractivity contribution is 6.02. The maximum absolute atomic E-state index is 4.88. The normalized spacial score (nSPS) is 12.7. The van der Waals surface area contributed by atoms with Gasteiger partial charge in [-0.15, -0.1) is 0 Å². The Labute approximate surface area is 384 Å². The van der Waals surface area contributed by atoms with Gasteiger partial charge in [-0.1, -0.05) is 188 Å². The molecule has 1 aromatic heterocycles. The second-order valence-electron chi connectivity index (χ2n) is 17.3. The molecule has 0 bridgehead atoms. The zero-order valence-electron chi connectivity index (χ0n) is 36.0. The molecule has 0 atom stereocenters. The predicted octanol–water partition coefficient (Wildman–Crippen LogP) is 16.1. The second-order valence-corrected chi connectivity index (χ2v) is 17.3. The Morgan fingerprint density at radius 3 is 1.41 bits per heavy atom. The number of aromatic nitrogens is 2. The summed E-state index contributed by atoms with van der Waals surface area (Å²) in [5, 5.41) is 1.03. The lowest BCUT2D eigenvalue weighted by atomic mass is 9.70. The number of benzene rings is 10. The summed E-state index contributed by atoms with van der Waals surface area (Å²) in [6.45, 7) is 0. The molecule has 0 saturated carbocycles. The first kappa shape index (κ1) is 37.9. The van der Waals surface area contributed by atoms with Gasteiger partial charge in [-0.05, 0) is 132 Å². The third-order valence-corrected chi connectivity index (χ3v) is 13.8. The second kappa shape index (κ2) is 15.3. The van der Waals surface area contributed by atoms with Crippen LogP contribution in [0.3, 0.4) is 0 Å². The molecule has 0 radical (unpaired) electrons. The highest BCUT2D eigenvalue weighted by atomic mass is 15.1. The minimum Gasteiger partial charge on any atom is -0.311 e. The van der Waals surface area contributed by atoms with Gasteiger partial charge in [0.2, 0.25) is 0 Å². The van der Waals surface area contributed by atoms with Gasteiger partial charge in [0, 0.05) is 34.2 Å². The van der Waals surface area contributed by atoms with Crippen LogP contribution in [0.25, 0.3) is 77.9 Å². The van der Waals surface area contributed by atoms with E-state index in [2.05, 4.69) is 223 Å². The molecular weight excluding hydrogens is 799 g/mol. The lowest BCUT2D eigenvalue weighted by Crippen LogP contribution is -2.25. The predicted molar refractivity (Wildman–Crippen MR) is 272 cm³/mol. The molecule has 0 saturated heterocycles. The lowest BCUT2D eigenvalue weighted by Gasteiger charge is -2.30. The number of nitrogens with zero attached hydrogens (tertiary/aromatic N) is 3. The Morgan fingerprint density at radius 2 is 0.758 bits per heavy atom. The zero-order chi connectivity index (χ0) is 43.6. The average molecular weight is 840 g/mol. The van der Waals surface area contributed by atoms with Gasteiger partial charge in [0.15, 0.2) is 5.82 Å². The quantitative estimate of drug-likeness (QED) is 0.160. The summed E-state index contributed by atoms with van der Waals surface area (Å²) >= 11 is 0. The Morgan fingerprint density at radius 1 is 0.303 bits per heavy atom. The van der Waals surface area contributed by atoms with E-state index in [1.165, 1.54) is 72.3 Å². The van der Waals surface area contributed by atoms with Gasteiger partial charge < -0.3 is 4.90 Å². The van der Waals surface area contributed by atoms with E-state index in [0.717, 1.165) is 39.1 Å². The molecule has 66 heavy (non-hydrogen) atoms. The van der Waals surface area contributed by atoms with Crippen LogP contribution in [0.2, 0.25) is 0 Å². The summed E-state index contributed by atoms with van der Waals surface area (Å²) < 4.78 is 0. The molecule has 0 amide bonds. The first-order valence-corrected chi connectivity index (χ1v) is 22.6. The van der Waals surface area contributed by atoms with Gasteiger partial charge >= 0.3 is 0 Å². The molecule has 10 aromatic carbocycles. The van der Waals surface area contributed by atoms with Crippen LogP contribution in [0.4, 0.5) is 17.1 Å². The van der Waals surface area contributed by atoms with E-state index in [-0.39, 0.29) is 0 Å². The van der Waals surface area contributed by atoms with Crippen molar-refractivity contribution in [3.63, 3.8) is 0 Å². The molecule has 1 spiro atoms. The van der Waals surface area contributed by atoms with Gasteiger partial charge in [-0.2, -0.15) is 0 Å². The first-order valence-electron chi connectivity index (χ1n) is 22.6. The van der Waals surface area contributed by atoms with E-state index >= 15 is 0 Å². The fourth-order valence-corrected chi connectivity index (χ4v) is 10.9. The maximum Gasteiger partial charge on any atom is 0.159 e. The van der Waals surface area contributed by atoms with E-state index in [1.807, 2.05) is 30.5 Å². The van der Waals surface area contributed by atoms with Crippen molar-refractivity contribution >= 4 is 28.0 Å². The van der Waals surface area contributed by atoms with E-state index in [0.29, 0.717) is 5.82 Å². The Bertz CT molecular complexity index is 3580. The summed E-state index contributed by atoms with van der Waals surface area (Å²) in [6, 6.07) is 88.2. The first-order chi connectivity index (χ1) is 32.7. The topological polar surface area (TPSA) is 29.0 Å². The minimum atomic E-state index is -0.394. The molecule has 3 nitrogen and oxygen atoms in total. The molecule has 0 aliphatic heterocycles. The van der Waals surface area contributed by atoms with Crippen molar-refractivity contribution < 1.29 is 0 Å². The molecular formula is C63H41N3. The number of rotatable bonds is 7. The smallest absolute Gasteiger partial charge is 0.159 e. The summed E-state index contributed by atoms with van der Waals surface area (Å²) in [7, 11) is 0. The van der Waals surface area contributed by atoms with Crippen molar-refractivity contribution in [3.05, 3.63) is 271 Å². The van der Waals surface area contributed by atoms with Crippen molar-refractivity contribution in [3.8, 4) is 67.0 Å². The number of hydrogen-bond acceptors (Lipinski definition) is 3. The number of hydrogen-bond donors (Lipinski definition) is 0. The van der Waals surface area contributed by atoms with Crippen LogP contribution in [0.5, 0.6) is 0 Å². The van der Waals surface area contributed by atoms with Gasteiger partial charge in [-0.3, -0.25) is 0 Å². The highest BCUT2D eigenvalue weighted by Gasteiger charge is 2.52. The molecule has 13 rings (SSSR count).